The van der Waals surface area contributed by atoms with Crippen LogP contribution in [0.4, 0.5) is 5.82 Å². The Hall–Kier alpha value is -1.85. The summed E-state index contributed by atoms with van der Waals surface area (Å²) >= 11 is 0. The van der Waals surface area contributed by atoms with Crippen LogP contribution in [0.15, 0.2) is 36.4 Å². The highest BCUT2D eigenvalue weighted by molar-refractivity contribution is 5.38. The van der Waals surface area contributed by atoms with Crippen molar-refractivity contribution in [3.8, 4) is 0 Å². The van der Waals surface area contributed by atoms with Crippen molar-refractivity contribution in [1.29, 1.82) is 0 Å². The number of benzene rings is 1. The molecule has 3 N–H and O–H groups in total. The zero-order valence-electron chi connectivity index (χ0n) is 12.3. The van der Waals surface area contributed by atoms with Crippen LogP contribution < -0.4 is 10.6 Å². The summed E-state index contributed by atoms with van der Waals surface area (Å²) in [6.45, 7) is 5.32. The van der Waals surface area contributed by atoms with Crippen molar-refractivity contribution in [3.63, 3.8) is 0 Å². The van der Waals surface area contributed by atoms with Crippen molar-refractivity contribution in [2.24, 2.45) is 5.92 Å². The molecule has 0 radical (unpaired) electrons. The van der Waals surface area contributed by atoms with Gasteiger partial charge in [-0.2, -0.15) is 5.10 Å². The maximum atomic E-state index is 10.1. The number of hydrogen-bond donors (Lipinski definition) is 3. The number of aryl methyl sites for hydroxylation is 1. The summed E-state index contributed by atoms with van der Waals surface area (Å²) in [6.07, 6.45) is -0.453. The maximum Gasteiger partial charge on any atom is 0.124 e. The Kier molecular flexibility index (Phi) is 4.22. The normalized spacial score (nSPS) is 18.9. The first-order valence-electron chi connectivity index (χ1n) is 7.44. The fourth-order valence-corrected chi connectivity index (χ4v) is 2.74. The van der Waals surface area contributed by atoms with Crippen LogP contribution in [0.1, 0.15) is 17.4 Å². The van der Waals surface area contributed by atoms with E-state index in [0.29, 0.717) is 12.5 Å². The lowest BCUT2D eigenvalue weighted by atomic mass is 10.1. The van der Waals surface area contributed by atoms with Crippen molar-refractivity contribution in [2.75, 3.05) is 25.0 Å². The highest BCUT2D eigenvalue weighted by Gasteiger charge is 2.19. The third-order valence-electron chi connectivity index (χ3n) is 3.86. The number of aromatic nitrogens is 2. The zero-order chi connectivity index (χ0) is 14.7. The second-order valence-electron chi connectivity index (χ2n) is 5.68. The summed E-state index contributed by atoms with van der Waals surface area (Å²) in [6, 6.07) is 11.8. The van der Waals surface area contributed by atoms with Gasteiger partial charge in [0.05, 0.1) is 11.8 Å². The van der Waals surface area contributed by atoms with Gasteiger partial charge in [-0.3, -0.25) is 0 Å². The predicted molar refractivity (Wildman–Crippen MR) is 83.2 cm³/mol. The molecule has 0 saturated heterocycles. The lowest BCUT2D eigenvalue weighted by Gasteiger charge is -2.25. The number of nitrogens with zero attached hydrogens (tertiary/aromatic N) is 2. The smallest absolute Gasteiger partial charge is 0.124 e. The number of rotatable bonds is 5. The molecule has 0 amide bonds. The summed E-state index contributed by atoms with van der Waals surface area (Å²) in [7, 11) is 0. The Morgan fingerprint density at radius 3 is 3.05 bits per heavy atom. The van der Waals surface area contributed by atoms with E-state index >= 15 is 0 Å². The number of anilines is 1. The Labute approximate surface area is 125 Å². The molecule has 1 aromatic heterocycles. The summed E-state index contributed by atoms with van der Waals surface area (Å²) < 4.78 is 2.03. The largest absolute Gasteiger partial charge is 0.387 e. The highest BCUT2D eigenvalue weighted by Crippen LogP contribution is 2.18. The molecule has 112 valence electrons. The van der Waals surface area contributed by atoms with Gasteiger partial charge in [-0.05, 0) is 12.5 Å². The molecular formula is C16H22N4O. The van der Waals surface area contributed by atoms with Gasteiger partial charge in [0.25, 0.3) is 0 Å². The zero-order valence-corrected chi connectivity index (χ0v) is 12.3. The summed E-state index contributed by atoms with van der Waals surface area (Å²) in [5.41, 5.74) is 2.00. The van der Waals surface area contributed by atoms with Gasteiger partial charge < -0.3 is 15.7 Å². The van der Waals surface area contributed by atoms with E-state index in [1.165, 1.54) is 0 Å². The quantitative estimate of drug-likeness (QED) is 0.780. The van der Waals surface area contributed by atoms with Crippen LogP contribution in [-0.4, -0.2) is 34.5 Å². The topological polar surface area (TPSA) is 62.1 Å². The molecule has 1 aliphatic heterocycles. The summed E-state index contributed by atoms with van der Waals surface area (Å²) in [4.78, 5) is 0. The fraction of sp³-hybridized carbons (Fsp3) is 0.438. The van der Waals surface area contributed by atoms with E-state index in [4.69, 9.17) is 0 Å². The van der Waals surface area contributed by atoms with E-state index in [1.54, 1.807) is 0 Å². The van der Waals surface area contributed by atoms with Gasteiger partial charge in [0.1, 0.15) is 5.82 Å². The average Bonchev–Trinajstić information content (AvgIpc) is 2.87. The first-order valence-corrected chi connectivity index (χ1v) is 7.44. The highest BCUT2D eigenvalue weighted by atomic mass is 16.3. The van der Waals surface area contributed by atoms with Crippen LogP contribution in [-0.2, 0) is 6.54 Å². The molecule has 3 rings (SSSR count). The Morgan fingerprint density at radius 2 is 2.24 bits per heavy atom. The molecule has 0 spiro atoms. The van der Waals surface area contributed by atoms with Gasteiger partial charge >= 0.3 is 0 Å². The molecular weight excluding hydrogens is 264 g/mol. The van der Waals surface area contributed by atoms with Gasteiger partial charge in [-0.15, -0.1) is 0 Å². The maximum absolute atomic E-state index is 10.1. The number of aliphatic hydroxyl groups is 1. The first-order chi connectivity index (χ1) is 10.2. The molecule has 0 aliphatic carbocycles. The third kappa shape index (κ3) is 3.43. The van der Waals surface area contributed by atoms with Crippen LogP contribution in [0.25, 0.3) is 0 Å². The fourth-order valence-electron chi connectivity index (χ4n) is 2.74. The van der Waals surface area contributed by atoms with Gasteiger partial charge in [0.15, 0.2) is 0 Å². The lowest BCUT2D eigenvalue weighted by molar-refractivity contribution is 0.172. The van der Waals surface area contributed by atoms with Crippen molar-refractivity contribution in [2.45, 2.75) is 19.6 Å². The second-order valence-corrected chi connectivity index (χ2v) is 5.68. The minimum Gasteiger partial charge on any atom is -0.387 e. The molecule has 0 fully saturated rings. The van der Waals surface area contributed by atoms with Crippen LogP contribution >= 0.6 is 0 Å². The summed E-state index contributed by atoms with van der Waals surface area (Å²) in [5, 5.41) is 21.3. The summed E-state index contributed by atoms with van der Waals surface area (Å²) in [5.74, 6) is 1.59. The third-order valence-corrected chi connectivity index (χ3v) is 3.86. The van der Waals surface area contributed by atoms with E-state index in [9.17, 15) is 5.11 Å². The average molecular weight is 286 g/mol. The first kappa shape index (κ1) is 14.1. The number of fused-ring (bicyclic) bond motifs is 1. The second kappa shape index (κ2) is 6.28. The van der Waals surface area contributed by atoms with E-state index in [-0.39, 0.29) is 0 Å². The number of aliphatic hydroxyl groups excluding tert-OH is 1. The Morgan fingerprint density at radius 1 is 1.43 bits per heavy atom. The molecule has 1 aromatic carbocycles. The molecule has 0 bridgehead atoms. The van der Waals surface area contributed by atoms with E-state index in [0.717, 1.165) is 36.7 Å². The monoisotopic (exact) mass is 286 g/mol. The van der Waals surface area contributed by atoms with E-state index in [1.807, 2.05) is 41.9 Å². The molecule has 5 heteroatoms. The van der Waals surface area contributed by atoms with Gasteiger partial charge in [-0.25, -0.2) is 4.68 Å². The van der Waals surface area contributed by atoms with Crippen LogP contribution in [0.2, 0.25) is 0 Å². The molecule has 2 aromatic rings. The SMILES string of the molecule is Cc1cc2n(n1)CC(CNCC(O)c1ccccc1)CN2. The molecule has 1 aliphatic rings. The van der Waals surface area contributed by atoms with Crippen LogP contribution in [0.3, 0.4) is 0 Å². The van der Waals surface area contributed by atoms with Crippen molar-refractivity contribution >= 4 is 5.82 Å². The molecule has 2 heterocycles. The van der Waals surface area contributed by atoms with Gasteiger partial charge in [0, 0.05) is 38.2 Å². The Bertz CT molecular complexity index is 581. The molecule has 2 unspecified atom stereocenters. The minimum atomic E-state index is -0.453. The van der Waals surface area contributed by atoms with Crippen molar-refractivity contribution < 1.29 is 5.11 Å². The van der Waals surface area contributed by atoms with E-state index < -0.39 is 6.10 Å². The van der Waals surface area contributed by atoms with Crippen molar-refractivity contribution in [1.82, 2.24) is 15.1 Å². The molecule has 5 nitrogen and oxygen atoms in total. The lowest BCUT2D eigenvalue weighted by Crippen LogP contribution is -2.36. The molecule has 21 heavy (non-hydrogen) atoms. The Balaban J connectivity index is 1.46. The number of nitrogens with one attached hydrogen (secondary N) is 2. The number of hydrogen-bond acceptors (Lipinski definition) is 4. The molecule has 2 atom stereocenters. The van der Waals surface area contributed by atoms with Crippen molar-refractivity contribution in [3.05, 3.63) is 47.7 Å². The minimum absolute atomic E-state index is 0.453. The predicted octanol–water partition coefficient (Wildman–Crippen LogP) is 1.56. The standard InChI is InChI=1S/C16H22N4O/c1-12-7-16-18-9-13(11-20(16)19-12)8-17-10-15(21)14-5-3-2-4-6-14/h2-7,13,15,17-18,21H,8-11H2,1H3. The van der Waals surface area contributed by atoms with Gasteiger partial charge in [0.2, 0.25) is 0 Å². The van der Waals surface area contributed by atoms with E-state index in [2.05, 4.69) is 21.8 Å². The molecule has 0 saturated carbocycles. The van der Waals surface area contributed by atoms with Gasteiger partial charge in [-0.1, -0.05) is 30.3 Å². The van der Waals surface area contributed by atoms with Crippen LogP contribution in [0, 0.1) is 12.8 Å². The van der Waals surface area contributed by atoms with Crippen LogP contribution in [0.5, 0.6) is 0 Å².